The first-order valence-corrected chi connectivity index (χ1v) is 7.63. The second-order valence-corrected chi connectivity index (χ2v) is 6.28. The first kappa shape index (κ1) is 15.5. The number of amides is 2. The Morgan fingerprint density at radius 3 is 2.40 bits per heavy atom. The number of rotatable bonds is 2. The van der Waals surface area contributed by atoms with Gasteiger partial charge >= 0.3 is 6.03 Å². The minimum Gasteiger partial charge on any atom is -0.331 e. The monoisotopic (exact) mass is 283 g/mol. The molecule has 2 heterocycles. The zero-order valence-electron chi connectivity index (χ0n) is 13.1. The summed E-state index contributed by atoms with van der Waals surface area (Å²) in [4.78, 5) is 20.5. The third-order valence-electron chi connectivity index (χ3n) is 4.59. The molecule has 0 aliphatic carbocycles. The van der Waals surface area contributed by atoms with Gasteiger partial charge in [-0.1, -0.05) is 0 Å². The average molecular weight is 283 g/mol. The molecular weight excluding hydrogens is 254 g/mol. The molecule has 116 valence electrons. The van der Waals surface area contributed by atoms with Crippen LogP contribution in [0.3, 0.4) is 0 Å². The largest absolute Gasteiger partial charge is 0.331 e. The summed E-state index contributed by atoms with van der Waals surface area (Å²) < 4.78 is 0. The van der Waals surface area contributed by atoms with Crippen molar-refractivity contribution in [3.8, 4) is 0 Å². The Morgan fingerprint density at radius 1 is 1.20 bits per heavy atom. The third kappa shape index (κ3) is 3.42. The molecule has 2 rings (SSSR count). The quantitative estimate of drug-likeness (QED) is 0.756. The summed E-state index contributed by atoms with van der Waals surface area (Å²) in [5.74, 6) is 0. The Morgan fingerprint density at radius 2 is 1.85 bits per heavy atom. The van der Waals surface area contributed by atoms with E-state index in [0.717, 1.165) is 52.1 Å². The number of likely N-dealkylation sites (N-methyl/N-ethyl adjacent to an activating group) is 1. The lowest BCUT2D eigenvalue weighted by atomic mass is 9.99. The van der Waals surface area contributed by atoms with Crippen molar-refractivity contribution in [2.24, 2.45) is 5.73 Å². The zero-order chi connectivity index (χ0) is 14.7. The van der Waals surface area contributed by atoms with E-state index >= 15 is 0 Å². The van der Waals surface area contributed by atoms with Gasteiger partial charge < -0.3 is 20.4 Å². The molecule has 6 nitrogen and oxygen atoms in total. The standard InChI is InChI=1S/C14H29N5O/c1-16(2)14(20)18-6-4-12(5-7-18)19-9-8-17(3)11-13(19)10-15/h12-13H,4-11,15H2,1-3H3. The van der Waals surface area contributed by atoms with Gasteiger partial charge in [0.15, 0.2) is 0 Å². The van der Waals surface area contributed by atoms with Gasteiger partial charge in [0.1, 0.15) is 0 Å². The molecule has 2 saturated heterocycles. The van der Waals surface area contributed by atoms with E-state index in [1.807, 2.05) is 19.0 Å². The van der Waals surface area contributed by atoms with Crippen molar-refractivity contribution in [2.75, 3.05) is 60.4 Å². The van der Waals surface area contributed by atoms with Crippen LogP contribution in [0.2, 0.25) is 0 Å². The van der Waals surface area contributed by atoms with Gasteiger partial charge in [-0.05, 0) is 19.9 Å². The van der Waals surface area contributed by atoms with E-state index in [-0.39, 0.29) is 6.03 Å². The predicted octanol–water partition coefficient (Wildman–Crippen LogP) is -0.293. The second-order valence-electron chi connectivity index (χ2n) is 6.28. The van der Waals surface area contributed by atoms with Crippen LogP contribution in [0.4, 0.5) is 4.79 Å². The van der Waals surface area contributed by atoms with Gasteiger partial charge in [0, 0.05) is 65.4 Å². The van der Waals surface area contributed by atoms with Crippen LogP contribution in [0.15, 0.2) is 0 Å². The van der Waals surface area contributed by atoms with E-state index in [1.54, 1.807) is 4.90 Å². The highest BCUT2D eigenvalue weighted by Gasteiger charge is 2.33. The first-order chi connectivity index (χ1) is 9.52. The summed E-state index contributed by atoms with van der Waals surface area (Å²) in [7, 11) is 5.80. The molecule has 0 aromatic heterocycles. The summed E-state index contributed by atoms with van der Waals surface area (Å²) >= 11 is 0. The molecule has 1 atom stereocenters. The van der Waals surface area contributed by atoms with Crippen LogP contribution < -0.4 is 5.73 Å². The number of carbonyl (C=O) groups is 1. The molecule has 0 aromatic rings. The third-order valence-corrected chi connectivity index (χ3v) is 4.59. The van der Waals surface area contributed by atoms with Crippen molar-refractivity contribution in [3.05, 3.63) is 0 Å². The molecule has 2 aliphatic rings. The lowest BCUT2D eigenvalue weighted by Crippen LogP contribution is -2.60. The summed E-state index contributed by atoms with van der Waals surface area (Å²) in [5.41, 5.74) is 5.94. The molecule has 2 N–H and O–H groups in total. The van der Waals surface area contributed by atoms with E-state index in [1.165, 1.54) is 0 Å². The van der Waals surface area contributed by atoms with Gasteiger partial charge in [0.25, 0.3) is 0 Å². The number of nitrogens with two attached hydrogens (primary N) is 1. The number of hydrogen-bond acceptors (Lipinski definition) is 4. The number of hydrogen-bond donors (Lipinski definition) is 1. The van der Waals surface area contributed by atoms with Crippen LogP contribution >= 0.6 is 0 Å². The van der Waals surface area contributed by atoms with E-state index in [2.05, 4.69) is 16.8 Å². The minimum absolute atomic E-state index is 0.136. The molecule has 2 fully saturated rings. The molecule has 0 bridgehead atoms. The Bertz CT molecular complexity index is 328. The SMILES string of the molecule is CN1CCN(C2CCN(C(=O)N(C)C)CC2)C(CN)C1. The van der Waals surface area contributed by atoms with Gasteiger partial charge in [-0.3, -0.25) is 4.90 Å². The van der Waals surface area contributed by atoms with E-state index in [0.29, 0.717) is 12.1 Å². The predicted molar refractivity (Wildman–Crippen MR) is 80.7 cm³/mol. The fraction of sp³-hybridized carbons (Fsp3) is 0.929. The number of likely N-dealkylation sites (tertiary alicyclic amines) is 1. The van der Waals surface area contributed by atoms with Crippen LogP contribution in [-0.4, -0.2) is 98.1 Å². The maximum Gasteiger partial charge on any atom is 0.319 e. The summed E-state index contributed by atoms with van der Waals surface area (Å²) in [6, 6.07) is 1.19. The fourth-order valence-electron chi connectivity index (χ4n) is 3.39. The van der Waals surface area contributed by atoms with Gasteiger partial charge in [-0.15, -0.1) is 0 Å². The van der Waals surface area contributed by atoms with Crippen LogP contribution in [0.1, 0.15) is 12.8 Å². The molecule has 20 heavy (non-hydrogen) atoms. The van der Waals surface area contributed by atoms with Crippen LogP contribution in [0.25, 0.3) is 0 Å². The highest BCUT2D eigenvalue weighted by molar-refractivity contribution is 5.73. The van der Waals surface area contributed by atoms with E-state index in [9.17, 15) is 4.79 Å². The Hall–Kier alpha value is -0.850. The van der Waals surface area contributed by atoms with Gasteiger partial charge in [0.05, 0.1) is 0 Å². The molecule has 0 radical (unpaired) electrons. The summed E-state index contributed by atoms with van der Waals surface area (Å²) in [6.45, 7) is 5.74. The molecule has 2 aliphatic heterocycles. The molecule has 2 amide bonds. The molecule has 0 saturated carbocycles. The number of piperidine rings is 1. The Kier molecular flexibility index (Phi) is 5.23. The smallest absolute Gasteiger partial charge is 0.319 e. The fourth-order valence-corrected chi connectivity index (χ4v) is 3.39. The lowest BCUT2D eigenvalue weighted by Gasteiger charge is -2.46. The van der Waals surface area contributed by atoms with Gasteiger partial charge in [-0.25, -0.2) is 4.79 Å². The first-order valence-electron chi connectivity index (χ1n) is 7.63. The maximum absolute atomic E-state index is 12.0. The number of nitrogens with zero attached hydrogens (tertiary/aromatic N) is 4. The zero-order valence-corrected chi connectivity index (χ0v) is 13.1. The Balaban J connectivity index is 1.88. The van der Waals surface area contributed by atoms with Crippen molar-refractivity contribution in [1.29, 1.82) is 0 Å². The van der Waals surface area contributed by atoms with Crippen molar-refractivity contribution in [2.45, 2.75) is 24.9 Å². The number of urea groups is 1. The van der Waals surface area contributed by atoms with E-state index < -0.39 is 0 Å². The molecular formula is C14H29N5O. The average Bonchev–Trinajstić information content (AvgIpc) is 2.46. The highest BCUT2D eigenvalue weighted by Crippen LogP contribution is 2.21. The molecule has 0 spiro atoms. The van der Waals surface area contributed by atoms with Crippen LogP contribution in [-0.2, 0) is 0 Å². The Labute approximate surface area is 122 Å². The summed E-state index contributed by atoms with van der Waals surface area (Å²) in [5, 5.41) is 0. The minimum atomic E-state index is 0.136. The number of piperazine rings is 1. The van der Waals surface area contributed by atoms with E-state index in [4.69, 9.17) is 5.73 Å². The topological polar surface area (TPSA) is 56.0 Å². The van der Waals surface area contributed by atoms with Crippen molar-refractivity contribution in [3.63, 3.8) is 0 Å². The van der Waals surface area contributed by atoms with Crippen molar-refractivity contribution < 1.29 is 4.79 Å². The summed E-state index contributed by atoms with van der Waals surface area (Å²) in [6.07, 6.45) is 2.14. The van der Waals surface area contributed by atoms with Crippen molar-refractivity contribution in [1.82, 2.24) is 19.6 Å². The normalized spacial score (nSPS) is 26.8. The van der Waals surface area contributed by atoms with Crippen LogP contribution in [0, 0.1) is 0 Å². The van der Waals surface area contributed by atoms with Gasteiger partial charge in [-0.2, -0.15) is 0 Å². The molecule has 0 aromatic carbocycles. The van der Waals surface area contributed by atoms with Gasteiger partial charge in [0.2, 0.25) is 0 Å². The highest BCUT2D eigenvalue weighted by atomic mass is 16.2. The van der Waals surface area contributed by atoms with Crippen LogP contribution in [0.5, 0.6) is 0 Å². The maximum atomic E-state index is 12.0. The molecule has 6 heteroatoms. The lowest BCUT2D eigenvalue weighted by molar-refractivity contribution is 0.0300. The number of carbonyl (C=O) groups excluding carboxylic acids is 1. The second kappa shape index (κ2) is 6.74. The molecule has 1 unspecified atom stereocenters. The van der Waals surface area contributed by atoms with Crippen molar-refractivity contribution >= 4 is 6.03 Å².